The fourth-order valence-corrected chi connectivity index (χ4v) is 4.82. The summed E-state index contributed by atoms with van der Waals surface area (Å²) in [5.41, 5.74) is 8.01. The number of nitrogens with one attached hydrogen (secondary N) is 2. The zero-order chi connectivity index (χ0) is 22.3. The average Bonchev–Trinajstić information content (AvgIpc) is 3.35. The SMILES string of the molecule is CN=C(NCc1cccc(CN2CCCC(C(N)=O)C2)c1)N1CCC(c2ncn[nH]2)CC1. The summed E-state index contributed by atoms with van der Waals surface area (Å²) in [7, 11) is 1.84. The van der Waals surface area contributed by atoms with Gasteiger partial charge >= 0.3 is 0 Å². The molecule has 4 rings (SSSR count). The molecule has 2 aliphatic rings. The van der Waals surface area contributed by atoms with E-state index >= 15 is 0 Å². The van der Waals surface area contributed by atoms with Gasteiger partial charge in [-0.15, -0.1) is 0 Å². The minimum Gasteiger partial charge on any atom is -0.369 e. The number of aromatic amines is 1. The van der Waals surface area contributed by atoms with Crippen molar-refractivity contribution in [2.75, 3.05) is 33.2 Å². The molecule has 4 N–H and O–H groups in total. The van der Waals surface area contributed by atoms with Crippen molar-refractivity contribution in [2.24, 2.45) is 16.6 Å². The summed E-state index contributed by atoms with van der Waals surface area (Å²) in [6.07, 6.45) is 5.58. The van der Waals surface area contributed by atoms with Gasteiger partial charge < -0.3 is 16.0 Å². The number of carbonyl (C=O) groups excluding carboxylic acids is 1. The number of piperidine rings is 2. The van der Waals surface area contributed by atoms with Gasteiger partial charge in [-0.1, -0.05) is 24.3 Å². The Balaban J connectivity index is 1.28. The first-order chi connectivity index (χ1) is 15.6. The summed E-state index contributed by atoms with van der Waals surface area (Å²) in [6.45, 7) is 5.24. The van der Waals surface area contributed by atoms with E-state index in [4.69, 9.17) is 5.73 Å². The Labute approximate surface area is 189 Å². The molecule has 2 aliphatic heterocycles. The number of aliphatic imine (C=N–C) groups is 1. The Hall–Kier alpha value is -2.94. The molecular weight excluding hydrogens is 404 g/mol. The van der Waals surface area contributed by atoms with E-state index in [0.29, 0.717) is 5.92 Å². The number of hydrogen-bond acceptors (Lipinski definition) is 5. The highest BCUT2D eigenvalue weighted by molar-refractivity contribution is 5.80. The van der Waals surface area contributed by atoms with Gasteiger partial charge in [0, 0.05) is 45.7 Å². The minimum atomic E-state index is -0.177. The van der Waals surface area contributed by atoms with E-state index < -0.39 is 0 Å². The summed E-state index contributed by atoms with van der Waals surface area (Å²) >= 11 is 0. The Morgan fingerprint density at radius 2 is 2.06 bits per heavy atom. The van der Waals surface area contributed by atoms with Gasteiger partial charge in [0.15, 0.2) is 5.96 Å². The molecule has 3 heterocycles. The first kappa shape index (κ1) is 22.3. The van der Waals surface area contributed by atoms with Crippen LogP contribution in [0, 0.1) is 5.92 Å². The highest BCUT2D eigenvalue weighted by Crippen LogP contribution is 2.25. The normalized spacial score (nSPS) is 21.0. The highest BCUT2D eigenvalue weighted by Gasteiger charge is 2.25. The summed E-state index contributed by atoms with van der Waals surface area (Å²) in [4.78, 5) is 25.0. The molecule has 0 aliphatic carbocycles. The molecule has 172 valence electrons. The monoisotopic (exact) mass is 438 g/mol. The molecule has 2 aromatic rings. The van der Waals surface area contributed by atoms with E-state index in [0.717, 1.165) is 76.7 Å². The van der Waals surface area contributed by atoms with Crippen LogP contribution in [-0.4, -0.2) is 70.1 Å². The number of primary amides is 1. The third-order valence-electron chi connectivity index (χ3n) is 6.58. The number of H-pyrrole nitrogens is 1. The number of carbonyl (C=O) groups is 1. The Kier molecular flexibility index (Phi) is 7.36. The largest absolute Gasteiger partial charge is 0.369 e. The molecule has 1 aromatic heterocycles. The number of amides is 1. The maximum Gasteiger partial charge on any atom is 0.221 e. The molecule has 1 atom stereocenters. The molecule has 0 spiro atoms. The number of likely N-dealkylation sites (tertiary alicyclic amines) is 2. The van der Waals surface area contributed by atoms with Crippen molar-refractivity contribution >= 4 is 11.9 Å². The van der Waals surface area contributed by atoms with Crippen LogP contribution in [0.2, 0.25) is 0 Å². The lowest BCUT2D eigenvalue weighted by Crippen LogP contribution is -2.45. The number of benzene rings is 1. The van der Waals surface area contributed by atoms with E-state index in [1.165, 1.54) is 11.1 Å². The maximum absolute atomic E-state index is 11.6. The molecular formula is C23H34N8O. The van der Waals surface area contributed by atoms with Crippen LogP contribution in [0.3, 0.4) is 0 Å². The van der Waals surface area contributed by atoms with Crippen LogP contribution in [0.5, 0.6) is 0 Å². The zero-order valence-electron chi connectivity index (χ0n) is 18.8. The minimum absolute atomic E-state index is 0.0230. The molecule has 1 aromatic carbocycles. The number of nitrogens with zero attached hydrogens (tertiary/aromatic N) is 5. The second-order valence-electron chi connectivity index (χ2n) is 8.83. The molecule has 1 unspecified atom stereocenters. The van der Waals surface area contributed by atoms with Crippen molar-refractivity contribution in [3.05, 3.63) is 47.5 Å². The lowest BCUT2D eigenvalue weighted by Gasteiger charge is -2.33. The van der Waals surface area contributed by atoms with E-state index in [2.05, 4.69) is 59.6 Å². The number of nitrogens with two attached hydrogens (primary N) is 1. The van der Waals surface area contributed by atoms with Crippen LogP contribution in [0.25, 0.3) is 0 Å². The van der Waals surface area contributed by atoms with Gasteiger partial charge in [0.2, 0.25) is 5.91 Å². The van der Waals surface area contributed by atoms with Crippen LogP contribution < -0.4 is 11.1 Å². The average molecular weight is 439 g/mol. The van der Waals surface area contributed by atoms with Crippen LogP contribution in [0.4, 0.5) is 0 Å². The molecule has 9 nitrogen and oxygen atoms in total. The zero-order valence-corrected chi connectivity index (χ0v) is 18.8. The van der Waals surface area contributed by atoms with Gasteiger partial charge in [0.25, 0.3) is 0 Å². The summed E-state index contributed by atoms with van der Waals surface area (Å²) < 4.78 is 0. The Morgan fingerprint density at radius 1 is 1.25 bits per heavy atom. The molecule has 2 saturated heterocycles. The molecule has 0 bridgehead atoms. The molecule has 0 saturated carbocycles. The van der Waals surface area contributed by atoms with E-state index in [-0.39, 0.29) is 11.8 Å². The lowest BCUT2D eigenvalue weighted by atomic mass is 9.96. The van der Waals surface area contributed by atoms with E-state index in [9.17, 15) is 4.79 Å². The van der Waals surface area contributed by atoms with Crippen molar-refractivity contribution in [2.45, 2.75) is 44.7 Å². The number of rotatable bonds is 6. The lowest BCUT2D eigenvalue weighted by molar-refractivity contribution is -0.123. The van der Waals surface area contributed by atoms with Crippen LogP contribution in [0.15, 0.2) is 35.6 Å². The van der Waals surface area contributed by atoms with Crippen molar-refractivity contribution in [1.82, 2.24) is 30.3 Å². The van der Waals surface area contributed by atoms with Crippen molar-refractivity contribution < 1.29 is 4.79 Å². The molecule has 1 amide bonds. The van der Waals surface area contributed by atoms with Crippen LogP contribution in [-0.2, 0) is 17.9 Å². The molecule has 32 heavy (non-hydrogen) atoms. The Bertz CT molecular complexity index is 904. The van der Waals surface area contributed by atoms with Gasteiger partial charge in [-0.05, 0) is 43.4 Å². The second-order valence-corrected chi connectivity index (χ2v) is 8.83. The second kappa shape index (κ2) is 10.6. The fraction of sp³-hybridized carbons (Fsp3) is 0.565. The number of guanidine groups is 1. The summed E-state index contributed by atoms with van der Waals surface area (Å²) in [5.74, 6) is 2.16. The number of hydrogen-bond donors (Lipinski definition) is 3. The topological polar surface area (TPSA) is 116 Å². The van der Waals surface area contributed by atoms with Gasteiger partial charge in [0.05, 0.1) is 5.92 Å². The highest BCUT2D eigenvalue weighted by atomic mass is 16.1. The van der Waals surface area contributed by atoms with Gasteiger partial charge in [-0.25, -0.2) is 4.98 Å². The quantitative estimate of drug-likeness (QED) is 0.465. The molecule has 2 fully saturated rings. The third kappa shape index (κ3) is 5.64. The first-order valence-corrected chi connectivity index (χ1v) is 11.5. The number of aromatic nitrogens is 3. The van der Waals surface area contributed by atoms with Gasteiger partial charge in [-0.3, -0.25) is 19.8 Å². The van der Waals surface area contributed by atoms with Crippen molar-refractivity contribution in [3.8, 4) is 0 Å². The Morgan fingerprint density at radius 3 is 2.78 bits per heavy atom. The standard InChI is InChI=1S/C23H34N8O/c1-25-23(31-10-7-19(8-11-31)22-27-16-28-29-22)26-13-17-4-2-5-18(12-17)14-30-9-3-6-20(15-30)21(24)32/h2,4-5,12,16,19-20H,3,6-11,13-15H2,1H3,(H2,24,32)(H,25,26)(H,27,28,29). The maximum atomic E-state index is 11.6. The van der Waals surface area contributed by atoms with Crippen LogP contribution in [0.1, 0.15) is 48.6 Å². The van der Waals surface area contributed by atoms with Crippen LogP contribution >= 0.6 is 0 Å². The van der Waals surface area contributed by atoms with Crippen molar-refractivity contribution in [1.29, 1.82) is 0 Å². The van der Waals surface area contributed by atoms with Gasteiger partial charge in [0.1, 0.15) is 12.2 Å². The predicted octanol–water partition coefficient (Wildman–Crippen LogP) is 1.46. The summed E-state index contributed by atoms with van der Waals surface area (Å²) in [5, 5.41) is 10.5. The smallest absolute Gasteiger partial charge is 0.221 e. The first-order valence-electron chi connectivity index (χ1n) is 11.5. The van der Waals surface area contributed by atoms with Gasteiger partial charge in [-0.2, -0.15) is 5.10 Å². The van der Waals surface area contributed by atoms with E-state index in [1.54, 1.807) is 6.33 Å². The third-order valence-corrected chi connectivity index (χ3v) is 6.58. The van der Waals surface area contributed by atoms with Crippen molar-refractivity contribution in [3.63, 3.8) is 0 Å². The molecule has 9 heteroatoms. The summed E-state index contributed by atoms with van der Waals surface area (Å²) in [6, 6.07) is 8.64. The molecule has 0 radical (unpaired) electrons. The van der Waals surface area contributed by atoms with E-state index in [1.807, 2.05) is 7.05 Å². The predicted molar refractivity (Wildman–Crippen MR) is 124 cm³/mol. The fourth-order valence-electron chi connectivity index (χ4n) is 4.82.